The molecular weight excluding hydrogens is 188 g/mol. The van der Waals surface area contributed by atoms with Crippen LogP contribution in [0.15, 0.2) is 0 Å². The molecule has 0 bridgehead atoms. The number of aryl methyl sites for hydroxylation is 2. The van der Waals surface area contributed by atoms with E-state index in [9.17, 15) is 0 Å². The van der Waals surface area contributed by atoms with Gasteiger partial charge in [0.1, 0.15) is 17.5 Å². The van der Waals surface area contributed by atoms with Gasteiger partial charge in [-0.05, 0) is 25.7 Å². The van der Waals surface area contributed by atoms with Crippen molar-refractivity contribution in [1.82, 2.24) is 9.78 Å². The lowest BCUT2D eigenvalue weighted by Gasteiger charge is -2.25. The van der Waals surface area contributed by atoms with Crippen LogP contribution in [0.3, 0.4) is 0 Å². The van der Waals surface area contributed by atoms with Crippen molar-refractivity contribution >= 4 is 5.82 Å². The first-order valence-corrected chi connectivity index (χ1v) is 5.40. The van der Waals surface area contributed by atoms with Crippen LogP contribution in [0.4, 0.5) is 5.82 Å². The molecule has 80 valence electrons. The van der Waals surface area contributed by atoms with Gasteiger partial charge in [-0.1, -0.05) is 6.42 Å². The highest BCUT2D eigenvalue weighted by molar-refractivity contribution is 5.54. The summed E-state index contributed by atoms with van der Waals surface area (Å²) in [6, 6.07) is 2.20. The first-order valence-electron chi connectivity index (χ1n) is 5.40. The predicted octanol–water partition coefficient (Wildman–Crippen LogP) is 1.81. The molecule has 1 aromatic heterocycles. The summed E-state index contributed by atoms with van der Waals surface area (Å²) in [6.07, 6.45) is 3.97. The van der Waals surface area contributed by atoms with Gasteiger partial charge >= 0.3 is 0 Å². The highest BCUT2D eigenvalue weighted by atomic mass is 15.3. The standard InChI is InChI=1S/C11H16N4/c1-8-10(6-12)11(15(2)14-8)13-7-9-4-3-5-9/h9,13H,3-5,7H2,1-2H3. The summed E-state index contributed by atoms with van der Waals surface area (Å²) in [5.74, 6) is 1.65. The Morgan fingerprint density at radius 2 is 2.33 bits per heavy atom. The van der Waals surface area contributed by atoms with Gasteiger partial charge in [0, 0.05) is 13.6 Å². The largest absolute Gasteiger partial charge is 0.369 e. The Morgan fingerprint density at radius 1 is 1.60 bits per heavy atom. The first kappa shape index (κ1) is 10.0. The van der Waals surface area contributed by atoms with Gasteiger partial charge in [-0.15, -0.1) is 0 Å². The fourth-order valence-corrected chi connectivity index (χ4v) is 1.93. The van der Waals surface area contributed by atoms with Gasteiger partial charge < -0.3 is 5.32 Å². The van der Waals surface area contributed by atoms with Crippen LogP contribution < -0.4 is 5.32 Å². The van der Waals surface area contributed by atoms with Crippen LogP contribution in [-0.4, -0.2) is 16.3 Å². The van der Waals surface area contributed by atoms with Crippen LogP contribution in [0.25, 0.3) is 0 Å². The minimum Gasteiger partial charge on any atom is -0.369 e. The second-order valence-corrected chi connectivity index (χ2v) is 4.22. The van der Waals surface area contributed by atoms with E-state index < -0.39 is 0 Å². The normalized spacial score (nSPS) is 15.8. The molecule has 1 saturated carbocycles. The zero-order chi connectivity index (χ0) is 10.8. The lowest BCUT2D eigenvalue weighted by molar-refractivity contribution is 0.333. The van der Waals surface area contributed by atoms with E-state index in [1.807, 2.05) is 14.0 Å². The molecule has 0 spiro atoms. The molecule has 1 N–H and O–H groups in total. The van der Waals surface area contributed by atoms with Gasteiger partial charge in [0.2, 0.25) is 0 Å². The fourth-order valence-electron chi connectivity index (χ4n) is 1.93. The summed E-state index contributed by atoms with van der Waals surface area (Å²) in [5.41, 5.74) is 1.48. The third kappa shape index (κ3) is 1.82. The number of hydrogen-bond donors (Lipinski definition) is 1. The number of nitrogens with one attached hydrogen (secondary N) is 1. The van der Waals surface area contributed by atoms with Crippen LogP contribution in [0.1, 0.15) is 30.5 Å². The maximum atomic E-state index is 9.01. The summed E-state index contributed by atoms with van der Waals surface area (Å²) in [4.78, 5) is 0. The number of hydrogen-bond acceptors (Lipinski definition) is 3. The zero-order valence-corrected chi connectivity index (χ0v) is 9.25. The maximum absolute atomic E-state index is 9.01. The third-order valence-electron chi connectivity index (χ3n) is 3.12. The molecule has 0 radical (unpaired) electrons. The molecule has 0 unspecified atom stereocenters. The molecule has 15 heavy (non-hydrogen) atoms. The summed E-state index contributed by atoms with van der Waals surface area (Å²) in [6.45, 7) is 2.83. The summed E-state index contributed by atoms with van der Waals surface area (Å²) < 4.78 is 1.76. The smallest absolute Gasteiger partial charge is 0.142 e. The molecule has 4 heteroatoms. The van der Waals surface area contributed by atoms with Gasteiger partial charge in [-0.2, -0.15) is 10.4 Å². The number of nitrogens with zero attached hydrogens (tertiary/aromatic N) is 3. The lowest BCUT2D eigenvalue weighted by atomic mass is 9.85. The Hall–Kier alpha value is -1.50. The van der Waals surface area contributed by atoms with Crippen LogP contribution in [-0.2, 0) is 7.05 Å². The number of aromatic nitrogens is 2. The highest BCUT2D eigenvalue weighted by Gasteiger charge is 2.19. The van der Waals surface area contributed by atoms with E-state index in [4.69, 9.17) is 5.26 Å². The molecule has 0 aromatic carbocycles. The molecule has 1 fully saturated rings. The van der Waals surface area contributed by atoms with Crippen LogP contribution in [0.2, 0.25) is 0 Å². The second-order valence-electron chi connectivity index (χ2n) is 4.22. The van der Waals surface area contributed by atoms with Crippen LogP contribution in [0.5, 0.6) is 0 Å². The minimum atomic E-state index is 0.678. The van der Waals surface area contributed by atoms with Gasteiger partial charge in [0.25, 0.3) is 0 Å². The number of anilines is 1. The van der Waals surface area contributed by atoms with E-state index >= 15 is 0 Å². The van der Waals surface area contributed by atoms with Crippen molar-refractivity contribution in [3.63, 3.8) is 0 Å². The van der Waals surface area contributed by atoms with E-state index in [2.05, 4.69) is 16.5 Å². The minimum absolute atomic E-state index is 0.678. The number of nitriles is 1. The second kappa shape index (κ2) is 3.93. The molecule has 2 rings (SSSR count). The van der Waals surface area contributed by atoms with E-state index in [0.717, 1.165) is 24.0 Å². The maximum Gasteiger partial charge on any atom is 0.142 e. The van der Waals surface area contributed by atoms with E-state index in [1.165, 1.54) is 19.3 Å². The molecule has 0 saturated heterocycles. The highest BCUT2D eigenvalue weighted by Crippen LogP contribution is 2.27. The van der Waals surface area contributed by atoms with Crippen molar-refractivity contribution in [3.8, 4) is 6.07 Å². The summed E-state index contributed by atoms with van der Waals surface area (Å²) in [7, 11) is 1.87. The average molecular weight is 204 g/mol. The van der Waals surface area contributed by atoms with Crippen molar-refractivity contribution < 1.29 is 0 Å². The third-order valence-corrected chi connectivity index (χ3v) is 3.12. The summed E-state index contributed by atoms with van der Waals surface area (Å²) in [5, 5.41) is 16.6. The Kier molecular flexibility index (Phi) is 2.63. The predicted molar refractivity (Wildman–Crippen MR) is 58.5 cm³/mol. The Bertz CT molecular complexity index is 395. The van der Waals surface area contributed by atoms with Gasteiger partial charge in [-0.3, -0.25) is 4.68 Å². The Morgan fingerprint density at radius 3 is 2.87 bits per heavy atom. The van der Waals surface area contributed by atoms with Crippen molar-refractivity contribution in [2.75, 3.05) is 11.9 Å². The van der Waals surface area contributed by atoms with Gasteiger partial charge in [-0.25, -0.2) is 0 Å². The summed E-state index contributed by atoms with van der Waals surface area (Å²) >= 11 is 0. The van der Waals surface area contributed by atoms with Crippen LogP contribution in [0, 0.1) is 24.2 Å². The van der Waals surface area contributed by atoms with E-state index in [-0.39, 0.29) is 0 Å². The lowest BCUT2D eigenvalue weighted by Crippen LogP contribution is -2.22. The molecule has 1 aromatic rings. The molecule has 1 aliphatic carbocycles. The topological polar surface area (TPSA) is 53.6 Å². The van der Waals surface area contributed by atoms with Crippen molar-refractivity contribution in [3.05, 3.63) is 11.3 Å². The first-order chi connectivity index (χ1) is 7.22. The molecule has 1 heterocycles. The van der Waals surface area contributed by atoms with E-state index in [1.54, 1.807) is 4.68 Å². The molecule has 0 aliphatic heterocycles. The molecule has 1 aliphatic rings. The van der Waals surface area contributed by atoms with Crippen molar-refractivity contribution in [2.24, 2.45) is 13.0 Å². The van der Waals surface area contributed by atoms with Crippen molar-refractivity contribution in [2.45, 2.75) is 26.2 Å². The molecule has 4 nitrogen and oxygen atoms in total. The number of rotatable bonds is 3. The fraction of sp³-hybridized carbons (Fsp3) is 0.636. The molecule has 0 amide bonds. The van der Waals surface area contributed by atoms with Gasteiger partial charge in [0.15, 0.2) is 0 Å². The SMILES string of the molecule is Cc1nn(C)c(NCC2CCC2)c1C#N. The Labute approximate surface area is 89.9 Å². The molecular formula is C11H16N4. The average Bonchev–Trinajstić information content (AvgIpc) is 2.39. The van der Waals surface area contributed by atoms with Crippen molar-refractivity contribution in [1.29, 1.82) is 5.26 Å². The monoisotopic (exact) mass is 204 g/mol. The van der Waals surface area contributed by atoms with Gasteiger partial charge in [0.05, 0.1) is 5.69 Å². The van der Waals surface area contributed by atoms with E-state index in [0.29, 0.717) is 5.56 Å². The van der Waals surface area contributed by atoms with Crippen LogP contribution >= 0.6 is 0 Å². The zero-order valence-electron chi connectivity index (χ0n) is 9.25. The quantitative estimate of drug-likeness (QED) is 0.817. The molecule has 0 atom stereocenters. The Balaban J connectivity index is 2.09.